The van der Waals surface area contributed by atoms with Crippen molar-refractivity contribution < 1.29 is 4.79 Å². The van der Waals surface area contributed by atoms with Gasteiger partial charge >= 0.3 is 5.69 Å². The van der Waals surface area contributed by atoms with Crippen LogP contribution < -0.4 is 16.3 Å². The van der Waals surface area contributed by atoms with Crippen LogP contribution in [0, 0.1) is 0 Å². The number of likely N-dealkylation sites (N-methyl/N-ethyl adjacent to an activating group) is 1. The van der Waals surface area contributed by atoms with E-state index < -0.39 is 0 Å². The topological polar surface area (TPSA) is 68.1 Å². The average Bonchev–Trinajstić information content (AvgIpc) is 2.84. The van der Waals surface area contributed by atoms with Gasteiger partial charge < -0.3 is 10.6 Å². The van der Waals surface area contributed by atoms with E-state index in [9.17, 15) is 9.59 Å². The molecule has 2 aromatic rings. The highest BCUT2D eigenvalue weighted by atomic mass is 16.2. The summed E-state index contributed by atoms with van der Waals surface area (Å²) in [6.45, 7) is 8.69. The van der Waals surface area contributed by atoms with Crippen molar-refractivity contribution in [3.05, 3.63) is 34.7 Å². The molecule has 1 aromatic carbocycles. The van der Waals surface area contributed by atoms with Crippen LogP contribution in [-0.2, 0) is 17.9 Å². The number of rotatable bonds is 9. The summed E-state index contributed by atoms with van der Waals surface area (Å²) in [5, 5.41) is 6.17. The fourth-order valence-electron chi connectivity index (χ4n) is 2.92. The molecule has 1 atom stereocenters. The maximum atomic E-state index is 12.6. The molecular weight excluding hydrogens is 304 g/mol. The predicted molar refractivity (Wildman–Crippen MR) is 97.3 cm³/mol. The molecule has 6 heteroatoms. The molecule has 0 aliphatic heterocycles. The van der Waals surface area contributed by atoms with Gasteiger partial charge in [0, 0.05) is 32.1 Å². The fourth-order valence-corrected chi connectivity index (χ4v) is 2.92. The van der Waals surface area contributed by atoms with Gasteiger partial charge in [0.05, 0.1) is 11.0 Å². The Hall–Kier alpha value is -2.08. The first-order valence-electron chi connectivity index (χ1n) is 8.76. The molecule has 24 heavy (non-hydrogen) atoms. The van der Waals surface area contributed by atoms with Crippen LogP contribution in [0.3, 0.4) is 0 Å². The molecule has 0 saturated heterocycles. The monoisotopic (exact) mass is 332 g/mol. The molecule has 6 nitrogen and oxygen atoms in total. The smallest absolute Gasteiger partial charge is 0.329 e. The van der Waals surface area contributed by atoms with Gasteiger partial charge in [0.15, 0.2) is 0 Å². The van der Waals surface area contributed by atoms with Crippen molar-refractivity contribution in [3.63, 3.8) is 0 Å². The Morgan fingerprint density at radius 1 is 1.12 bits per heavy atom. The summed E-state index contributed by atoms with van der Waals surface area (Å²) < 4.78 is 3.50. The highest BCUT2D eigenvalue weighted by molar-refractivity contribution is 5.78. The number of carbonyl (C=O) groups excluding carboxylic acids is 1. The van der Waals surface area contributed by atoms with Crippen molar-refractivity contribution in [2.45, 2.75) is 52.7 Å². The Balaban J connectivity index is 2.06. The van der Waals surface area contributed by atoms with Crippen molar-refractivity contribution in [1.29, 1.82) is 0 Å². The fraction of sp³-hybridized carbons (Fsp3) is 0.556. The minimum atomic E-state index is -0.0353. The normalized spacial score (nSPS) is 12.5. The summed E-state index contributed by atoms with van der Waals surface area (Å²) in [4.78, 5) is 24.7. The third-order valence-corrected chi connectivity index (χ3v) is 4.09. The van der Waals surface area contributed by atoms with Crippen molar-refractivity contribution in [2.75, 3.05) is 13.1 Å². The van der Waals surface area contributed by atoms with E-state index in [-0.39, 0.29) is 17.6 Å². The number of hydrogen-bond donors (Lipinski definition) is 2. The molecule has 0 aliphatic carbocycles. The first kappa shape index (κ1) is 18.3. The molecule has 1 heterocycles. The number of hydrogen-bond acceptors (Lipinski definition) is 3. The van der Waals surface area contributed by atoms with Gasteiger partial charge in [-0.1, -0.05) is 26.0 Å². The lowest BCUT2D eigenvalue weighted by Gasteiger charge is -2.13. The van der Waals surface area contributed by atoms with Crippen LogP contribution in [0.15, 0.2) is 29.1 Å². The van der Waals surface area contributed by atoms with Gasteiger partial charge in [0.2, 0.25) is 5.91 Å². The molecule has 0 spiro atoms. The van der Waals surface area contributed by atoms with E-state index in [0.717, 1.165) is 24.0 Å². The number of carbonyl (C=O) groups is 1. The Kier molecular flexibility index (Phi) is 6.61. The number of nitrogens with one attached hydrogen (secondary N) is 2. The summed E-state index contributed by atoms with van der Waals surface area (Å²) in [6, 6.07) is 8.00. The largest absolute Gasteiger partial charge is 0.354 e. The summed E-state index contributed by atoms with van der Waals surface area (Å²) in [5.74, 6) is -0.0287. The van der Waals surface area contributed by atoms with Gasteiger partial charge in [-0.3, -0.25) is 13.9 Å². The maximum absolute atomic E-state index is 12.6. The first-order chi connectivity index (χ1) is 11.6. The predicted octanol–water partition coefficient (Wildman–Crippen LogP) is 1.72. The molecular formula is C18H28N4O2. The zero-order chi connectivity index (χ0) is 17.5. The summed E-state index contributed by atoms with van der Waals surface area (Å²) >= 11 is 0. The number of nitrogens with zero attached hydrogens (tertiary/aromatic N) is 2. The van der Waals surface area contributed by atoms with E-state index in [2.05, 4.69) is 17.6 Å². The quantitative estimate of drug-likeness (QED) is 0.735. The van der Waals surface area contributed by atoms with Crippen molar-refractivity contribution in [1.82, 2.24) is 19.8 Å². The van der Waals surface area contributed by atoms with Gasteiger partial charge in [-0.15, -0.1) is 0 Å². The molecule has 0 bridgehead atoms. The summed E-state index contributed by atoms with van der Waals surface area (Å²) in [5.41, 5.74) is 1.79. The molecule has 0 unspecified atom stereocenters. The number of amides is 1. The van der Waals surface area contributed by atoms with Crippen LogP contribution in [0.5, 0.6) is 0 Å². The number of para-hydroxylation sites is 2. The molecule has 0 fully saturated rings. The second-order valence-corrected chi connectivity index (χ2v) is 6.09. The van der Waals surface area contributed by atoms with Gasteiger partial charge in [0.25, 0.3) is 0 Å². The highest BCUT2D eigenvalue weighted by Gasteiger charge is 2.13. The maximum Gasteiger partial charge on any atom is 0.329 e. The van der Waals surface area contributed by atoms with Crippen molar-refractivity contribution >= 4 is 16.9 Å². The lowest BCUT2D eigenvalue weighted by atomic mass is 10.3. The molecule has 0 saturated carbocycles. The Labute approximate surface area is 142 Å². The van der Waals surface area contributed by atoms with E-state index in [4.69, 9.17) is 0 Å². The highest BCUT2D eigenvalue weighted by Crippen LogP contribution is 2.13. The summed E-state index contributed by atoms with van der Waals surface area (Å²) in [7, 11) is 0. The second kappa shape index (κ2) is 8.68. The average molecular weight is 332 g/mol. The lowest BCUT2D eigenvalue weighted by Crippen LogP contribution is -2.39. The van der Waals surface area contributed by atoms with Crippen LogP contribution >= 0.6 is 0 Å². The Bertz CT molecular complexity index is 732. The van der Waals surface area contributed by atoms with Crippen molar-refractivity contribution in [3.8, 4) is 0 Å². The number of aromatic nitrogens is 2. The number of benzene rings is 1. The molecule has 0 aliphatic rings. The summed E-state index contributed by atoms with van der Waals surface area (Å²) in [6.07, 6.45) is 1.20. The standard InChI is InChI=1S/C18H28N4O2/c1-4-11-21-15-8-6-7-9-16(15)22(18(21)24)12-10-17(23)20-13-14(3)19-5-2/h6-9,14,19H,4-5,10-13H2,1-3H3,(H,20,23)/t14-/m1/s1. The van der Waals surface area contributed by atoms with Crippen LogP contribution in [0.25, 0.3) is 11.0 Å². The van der Waals surface area contributed by atoms with E-state index in [1.54, 1.807) is 9.13 Å². The van der Waals surface area contributed by atoms with Gasteiger partial charge in [-0.2, -0.15) is 0 Å². The lowest BCUT2D eigenvalue weighted by molar-refractivity contribution is -0.121. The minimum Gasteiger partial charge on any atom is -0.354 e. The SMILES string of the molecule is CCCn1c(=O)n(CCC(=O)NC[C@@H](C)NCC)c2ccccc21. The van der Waals surface area contributed by atoms with Gasteiger partial charge in [-0.05, 0) is 32.0 Å². The minimum absolute atomic E-state index is 0.0287. The Morgan fingerprint density at radius 2 is 1.75 bits per heavy atom. The number of fused-ring (bicyclic) bond motifs is 1. The third kappa shape index (κ3) is 4.26. The molecule has 132 valence electrons. The zero-order valence-corrected chi connectivity index (χ0v) is 14.8. The second-order valence-electron chi connectivity index (χ2n) is 6.09. The van der Waals surface area contributed by atoms with Gasteiger partial charge in [0.1, 0.15) is 0 Å². The van der Waals surface area contributed by atoms with E-state index in [0.29, 0.717) is 26.1 Å². The van der Waals surface area contributed by atoms with Crippen LogP contribution in [0.1, 0.15) is 33.6 Å². The molecule has 1 aromatic heterocycles. The Morgan fingerprint density at radius 3 is 2.33 bits per heavy atom. The van der Waals surface area contributed by atoms with Gasteiger partial charge in [-0.25, -0.2) is 4.79 Å². The van der Waals surface area contributed by atoms with Crippen molar-refractivity contribution in [2.24, 2.45) is 0 Å². The zero-order valence-electron chi connectivity index (χ0n) is 14.8. The number of imidazole rings is 1. The molecule has 2 rings (SSSR count). The van der Waals surface area contributed by atoms with E-state index >= 15 is 0 Å². The van der Waals surface area contributed by atoms with E-state index in [1.807, 2.05) is 38.1 Å². The van der Waals surface area contributed by atoms with Crippen LogP contribution in [0.4, 0.5) is 0 Å². The number of aryl methyl sites for hydroxylation is 2. The van der Waals surface area contributed by atoms with E-state index in [1.165, 1.54) is 0 Å². The third-order valence-electron chi connectivity index (χ3n) is 4.09. The first-order valence-corrected chi connectivity index (χ1v) is 8.76. The van der Waals surface area contributed by atoms with Crippen LogP contribution in [0.2, 0.25) is 0 Å². The molecule has 1 amide bonds. The van der Waals surface area contributed by atoms with Crippen LogP contribution in [-0.4, -0.2) is 34.2 Å². The molecule has 0 radical (unpaired) electrons. The molecule has 2 N–H and O–H groups in total.